The summed E-state index contributed by atoms with van der Waals surface area (Å²) in [6.45, 7) is 3.48. The molecule has 0 spiro atoms. The number of ether oxygens (including phenoxy) is 1. The second-order valence-corrected chi connectivity index (χ2v) is 9.49. The van der Waals surface area contributed by atoms with Crippen molar-refractivity contribution in [3.8, 4) is 11.8 Å². The summed E-state index contributed by atoms with van der Waals surface area (Å²) < 4.78 is 44.9. The highest BCUT2D eigenvalue weighted by Gasteiger charge is 2.41. The number of rotatable bonds is 5. The number of hydrogen-bond donors (Lipinski definition) is 1. The molecule has 1 heterocycles. The van der Waals surface area contributed by atoms with Crippen LogP contribution in [-0.4, -0.2) is 41.3 Å². The Hall–Kier alpha value is -2.79. The van der Waals surface area contributed by atoms with Gasteiger partial charge in [-0.15, -0.1) is 0 Å². The Bertz CT molecular complexity index is 1080. The Morgan fingerprint density at radius 3 is 2.35 bits per heavy atom. The van der Waals surface area contributed by atoms with Crippen LogP contribution in [0.5, 0.6) is 5.75 Å². The second kappa shape index (κ2) is 9.83. The van der Waals surface area contributed by atoms with E-state index >= 15 is 0 Å². The summed E-state index contributed by atoms with van der Waals surface area (Å²) in [7, 11) is 0. The van der Waals surface area contributed by atoms with E-state index in [1.54, 1.807) is 6.07 Å². The number of aliphatic carboxylic acids is 1. The van der Waals surface area contributed by atoms with Crippen LogP contribution in [0, 0.1) is 23.2 Å². The Labute approximate surface area is 197 Å². The van der Waals surface area contributed by atoms with Crippen molar-refractivity contribution < 1.29 is 27.8 Å². The molecule has 1 aliphatic carbocycles. The summed E-state index contributed by atoms with van der Waals surface area (Å²) in [5.41, 5.74) is 1.43. The lowest BCUT2D eigenvalue weighted by molar-refractivity contribution is -0.185. The Morgan fingerprint density at radius 1 is 1.12 bits per heavy atom. The van der Waals surface area contributed by atoms with Gasteiger partial charge in [0.25, 0.3) is 0 Å². The number of likely N-dealkylation sites (tertiary alicyclic amines) is 1. The van der Waals surface area contributed by atoms with Crippen molar-refractivity contribution in [1.82, 2.24) is 4.90 Å². The highest BCUT2D eigenvalue weighted by atomic mass is 19.4. The molecule has 2 fully saturated rings. The van der Waals surface area contributed by atoms with E-state index < -0.39 is 18.1 Å². The van der Waals surface area contributed by atoms with Gasteiger partial charge in [0.2, 0.25) is 0 Å². The quantitative estimate of drug-likeness (QED) is 0.570. The van der Waals surface area contributed by atoms with Crippen LogP contribution < -0.4 is 4.74 Å². The van der Waals surface area contributed by atoms with E-state index in [0.29, 0.717) is 50.1 Å². The average Bonchev–Trinajstić information content (AvgIpc) is 2.83. The summed E-state index contributed by atoms with van der Waals surface area (Å²) in [6, 6.07) is 11.9. The maximum absolute atomic E-state index is 13.0. The zero-order chi connectivity index (χ0) is 24.5. The van der Waals surface area contributed by atoms with E-state index in [9.17, 15) is 28.3 Å². The predicted molar refractivity (Wildman–Crippen MR) is 121 cm³/mol. The monoisotopic (exact) mass is 474 g/mol. The predicted octanol–water partition coefficient (Wildman–Crippen LogP) is 6.07. The molecule has 0 radical (unpaired) electrons. The van der Waals surface area contributed by atoms with Gasteiger partial charge in [0, 0.05) is 11.4 Å². The molecule has 34 heavy (non-hydrogen) atoms. The second-order valence-electron chi connectivity index (χ2n) is 9.49. The molecule has 1 saturated carbocycles. The topological polar surface area (TPSA) is 73.6 Å². The Balaban J connectivity index is 1.51. The first-order chi connectivity index (χ1) is 16.2. The first kappa shape index (κ1) is 24.3. The summed E-state index contributed by atoms with van der Waals surface area (Å²) in [6.07, 6.45) is -2.54. The molecule has 5 nitrogen and oxygen atoms in total. The zero-order valence-corrected chi connectivity index (χ0v) is 19.1. The fourth-order valence-electron chi connectivity index (χ4n) is 5.22. The molecule has 182 valence electrons. The van der Waals surface area contributed by atoms with Crippen molar-refractivity contribution in [2.45, 2.75) is 63.8 Å². The number of hydrogen-bond acceptors (Lipinski definition) is 4. The van der Waals surface area contributed by atoms with Crippen LogP contribution in [0.25, 0.3) is 10.8 Å². The van der Waals surface area contributed by atoms with Gasteiger partial charge in [-0.25, -0.2) is 0 Å². The van der Waals surface area contributed by atoms with E-state index in [1.165, 1.54) is 0 Å². The first-order valence-electron chi connectivity index (χ1n) is 11.8. The maximum Gasteiger partial charge on any atom is 0.391 e. The summed E-state index contributed by atoms with van der Waals surface area (Å²) >= 11 is 0. The lowest BCUT2D eigenvalue weighted by Crippen LogP contribution is -2.37. The normalized spacial score (nSPS) is 23.4. The van der Waals surface area contributed by atoms with Gasteiger partial charge in [-0.05, 0) is 81.6 Å². The van der Waals surface area contributed by atoms with Crippen LogP contribution in [0.3, 0.4) is 0 Å². The molecular formula is C26H29F3N2O3. The highest BCUT2D eigenvalue weighted by molar-refractivity contribution is 5.90. The van der Waals surface area contributed by atoms with E-state index in [2.05, 4.69) is 17.9 Å². The molecule has 0 bridgehead atoms. The molecule has 1 saturated heterocycles. The SMILES string of the molecule is CC(c1ccc2ccc(O[C@H]3CC[C@@H](C(F)(F)F)CC3)c(C#N)c2c1)N1CCC(C(=O)O)CC1. The third-order valence-corrected chi connectivity index (χ3v) is 7.46. The molecule has 1 aliphatic heterocycles. The van der Waals surface area contributed by atoms with E-state index in [1.807, 2.05) is 24.3 Å². The lowest BCUT2D eigenvalue weighted by atomic mass is 9.87. The molecule has 2 aromatic rings. The van der Waals surface area contributed by atoms with Crippen LogP contribution in [0.4, 0.5) is 13.2 Å². The maximum atomic E-state index is 13.0. The van der Waals surface area contributed by atoms with Crippen molar-refractivity contribution >= 4 is 16.7 Å². The molecule has 2 aliphatic rings. The standard InChI is InChI=1S/C26H29F3N2O3/c1-16(31-12-10-18(11-13-31)25(32)33)19-3-2-17-4-9-24(23(15-30)22(17)14-19)34-21-7-5-20(6-8-21)26(27,28)29/h2-4,9,14,16,18,20-21H,5-8,10-13H2,1H3,(H,32,33)/t16?,20-,21+. The fourth-order valence-corrected chi connectivity index (χ4v) is 5.22. The van der Waals surface area contributed by atoms with Crippen molar-refractivity contribution in [2.24, 2.45) is 11.8 Å². The summed E-state index contributed by atoms with van der Waals surface area (Å²) in [4.78, 5) is 13.5. The summed E-state index contributed by atoms with van der Waals surface area (Å²) in [5, 5.41) is 20.8. The number of piperidine rings is 1. The van der Waals surface area contributed by atoms with Crippen molar-refractivity contribution in [3.05, 3.63) is 41.5 Å². The molecule has 0 aromatic heterocycles. The third-order valence-electron chi connectivity index (χ3n) is 7.46. The summed E-state index contributed by atoms with van der Waals surface area (Å²) in [5.74, 6) is -1.89. The van der Waals surface area contributed by atoms with Gasteiger partial charge in [-0.1, -0.05) is 18.2 Å². The molecule has 1 unspecified atom stereocenters. The Kier molecular flexibility index (Phi) is 7.04. The molecule has 8 heteroatoms. The van der Waals surface area contributed by atoms with Crippen LogP contribution in [0.1, 0.15) is 62.6 Å². The first-order valence-corrected chi connectivity index (χ1v) is 11.8. The highest BCUT2D eigenvalue weighted by Crippen LogP contribution is 2.39. The van der Waals surface area contributed by atoms with Gasteiger partial charge in [0.05, 0.1) is 17.9 Å². The van der Waals surface area contributed by atoms with Gasteiger partial charge in [0.1, 0.15) is 17.4 Å². The minimum Gasteiger partial charge on any atom is -0.489 e. The number of carboxylic acid groups (broad SMARTS) is 1. The number of fused-ring (bicyclic) bond motifs is 1. The largest absolute Gasteiger partial charge is 0.489 e. The smallest absolute Gasteiger partial charge is 0.391 e. The third kappa shape index (κ3) is 5.15. The molecule has 1 N–H and O–H groups in total. The van der Waals surface area contributed by atoms with Crippen molar-refractivity contribution in [1.29, 1.82) is 5.26 Å². The Morgan fingerprint density at radius 2 is 1.76 bits per heavy atom. The van der Waals surface area contributed by atoms with E-state index in [-0.39, 0.29) is 30.9 Å². The number of halogens is 3. The van der Waals surface area contributed by atoms with Crippen molar-refractivity contribution in [2.75, 3.05) is 13.1 Å². The minimum atomic E-state index is -4.16. The number of benzene rings is 2. The van der Waals surface area contributed by atoms with E-state index in [0.717, 1.165) is 16.3 Å². The molecule has 2 aromatic carbocycles. The molecular weight excluding hydrogens is 445 g/mol. The van der Waals surface area contributed by atoms with E-state index in [4.69, 9.17) is 4.74 Å². The molecule has 4 rings (SSSR count). The number of nitriles is 1. The van der Waals surface area contributed by atoms with Gasteiger partial charge in [-0.3, -0.25) is 9.69 Å². The number of alkyl halides is 3. The zero-order valence-electron chi connectivity index (χ0n) is 19.1. The van der Waals surface area contributed by atoms with Crippen molar-refractivity contribution in [3.63, 3.8) is 0 Å². The van der Waals surface area contributed by atoms with Gasteiger partial charge in [0.15, 0.2) is 0 Å². The fraction of sp³-hybridized carbons (Fsp3) is 0.538. The van der Waals surface area contributed by atoms with Gasteiger partial charge in [-0.2, -0.15) is 18.4 Å². The lowest BCUT2D eigenvalue weighted by Gasteiger charge is -2.35. The number of carboxylic acids is 1. The molecule has 0 amide bonds. The van der Waals surface area contributed by atoms with Gasteiger partial charge >= 0.3 is 12.1 Å². The van der Waals surface area contributed by atoms with Gasteiger partial charge < -0.3 is 9.84 Å². The molecule has 1 atom stereocenters. The average molecular weight is 475 g/mol. The number of nitrogens with zero attached hydrogens (tertiary/aromatic N) is 2. The number of carbonyl (C=O) groups is 1. The van der Waals surface area contributed by atoms with Crippen LogP contribution >= 0.6 is 0 Å². The van der Waals surface area contributed by atoms with Crippen LogP contribution in [-0.2, 0) is 4.79 Å². The minimum absolute atomic E-state index is 0.0455. The van der Waals surface area contributed by atoms with Crippen LogP contribution in [0.2, 0.25) is 0 Å². The van der Waals surface area contributed by atoms with Crippen LogP contribution in [0.15, 0.2) is 30.3 Å².